The summed E-state index contributed by atoms with van der Waals surface area (Å²) in [5.41, 5.74) is 0.982. The van der Waals surface area contributed by atoms with E-state index < -0.39 is 5.82 Å². The van der Waals surface area contributed by atoms with E-state index in [4.69, 9.17) is 9.47 Å². The van der Waals surface area contributed by atoms with E-state index in [1.54, 1.807) is 36.4 Å². The van der Waals surface area contributed by atoms with Crippen LogP contribution < -0.4 is 20.1 Å². The van der Waals surface area contributed by atoms with Crippen molar-refractivity contribution in [1.82, 2.24) is 5.32 Å². The second-order valence-corrected chi connectivity index (χ2v) is 5.44. The van der Waals surface area contributed by atoms with E-state index >= 15 is 0 Å². The molecule has 7 heteroatoms. The fourth-order valence-corrected chi connectivity index (χ4v) is 2.34. The zero-order valence-corrected chi connectivity index (χ0v) is 13.4. The highest BCUT2D eigenvalue weighted by Gasteiger charge is 2.17. The number of ether oxygens (including phenoxy) is 2. The van der Waals surface area contributed by atoms with Crippen LogP contribution in [0.15, 0.2) is 42.5 Å². The van der Waals surface area contributed by atoms with Gasteiger partial charge >= 0.3 is 0 Å². The van der Waals surface area contributed by atoms with Gasteiger partial charge in [0, 0.05) is 12.1 Å². The zero-order chi connectivity index (χ0) is 17.6. The number of nitrogens with one attached hydrogen (secondary N) is 2. The van der Waals surface area contributed by atoms with Crippen molar-refractivity contribution in [2.75, 3.05) is 25.1 Å². The van der Waals surface area contributed by atoms with Crippen LogP contribution in [0.5, 0.6) is 11.5 Å². The first-order valence-electron chi connectivity index (χ1n) is 7.86. The van der Waals surface area contributed by atoms with E-state index in [9.17, 15) is 14.0 Å². The summed E-state index contributed by atoms with van der Waals surface area (Å²) in [4.78, 5) is 23.3. The molecular weight excluding hydrogens is 327 g/mol. The molecule has 2 amide bonds. The summed E-state index contributed by atoms with van der Waals surface area (Å²) in [6.45, 7) is 0.619. The number of hydrogen-bond donors (Lipinski definition) is 2. The Labute approximate surface area is 143 Å². The quantitative estimate of drug-likeness (QED) is 0.789. The van der Waals surface area contributed by atoms with Crippen molar-refractivity contribution in [1.29, 1.82) is 0 Å². The Kier molecular flexibility index (Phi) is 5.13. The fourth-order valence-electron chi connectivity index (χ4n) is 2.34. The molecule has 0 fully saturated rings. The summed E-state index contributed by atoms with van der Waals surface area (Å²) in [6, 6.07) is 11.0. The Morgan fingerprint density at radius 2 is 2.12 bits per heavy atom. The lowest BCUT2D eigenvalue weighted by Crippen LogP contribution is -2.27. The third-order valence-corrected chi connectivity index (χ3v) is 3.58. The third-order valence-electron chi connectivity index (χ3n) is 3.58. The van der Waals surface area contributed by atoms with Gasteiger partial charge in [-0.05, 0) is 36.8 Å². The van der Waals surface area contributed by atoms with Gasteiger partial charge < -0.3 is 20.1 Å². The molecule has 1 aliphatic rings. The first-order valence-corrected chi connectivity index (χ1v) is 7.86. The number of carbonyl (C=O) groups is 2. The highest BCUT2D eigenvalue weighted by Crippen LogP contribution is 2.28. The molecule has 3 rings (SSSR count). The molecule has 2 N–H and O–H groups in total. The second kappa shape index (κ2) is 7.65. The largest absolute Gasteiger partial charge is 0.490 e. The zero-order valence-electron chi connectivity index (χ0n) is 13.4. The molecule has 0 aliphatic carbocycles. The number of anilines is 1. The van der Waals surface area contributed by atoms with Crippen LogP contribution in [0.1, 0.15) is 16.8 Å². The van der Waals surface area contributed by atoms with Crippen LogP contribution in [-0.2, 0) is 4.79 Å². The Bertz CT molecular complexity index is 794. The molecule has 0 spiro atoms. The van der Waals surface area contributed by atoms with E-state index in [-0.39, 0.29) is 24.2 Å². The summed E-state index contributed by atoms with van der Waals surface area (Å²) in [6.07, 6.45) is 0.539. The Morgan fingerprint density at radius 1 is 1.28 bits per heavy atom. The average molecular weight is 344 g/mol. The number of carbonyl (C=O) groups excluding carboxylic acids is 2. The maximum Gasteiger partial charge on any atom is 0.262 e. The van der Waals surface area contributed by atoms with Crippen LogP contribution in [0, 0.1) is 5.82 Å². The molecule has 130 valence electrons. The van der Waals surface area contributed by atoms with Crippen molar-refractivity contribution in [3.05, 3.63) is 53.8 Å². The SMILES string of the molecule is O=C1COc2cc(C(=O)NCCCOc3ccccc3F)ccc2N1. The van der Waals surface area contributed by atoms with Gasteiger partial charge in [0.2, 0.25) is 0 Å². The van der Waals surface area contributed by atoms with Crippen LogP contribution in [0.4, 0.5) is 10.1 Å². The van der Waals surface area contributed by atoms with Crippen molar-refractivity contribution in [2.45, 2.75) is 6.42 Å². The van der Waals surface area contributed by atoms with Gasteiger partial charge in [-0.1, -0.05) is 12.1 Å². The van der Waals surface area contributed by atoms with Crippen LogP contribution in [0.25, 0.3) is 0 Å². The molecule has 0 bridgehead atoms. The lowest BCUT2D eigenvalue weighted by molar-refractivity contribution is -0.118. The number of para-hydroxylation sites is 1. The standard InChI is InChI=1S/C18H17FN2O4/c19-13-4-1-2-5-15(13)24-9-3-8-20-18(23)12-6-7-14-16(10-12)25-11-17(22)21-14/h1-2,4-7,10H,3,8-9,11H2,(H,20,23)(H,21,22). The lowest BCUT2D eigenvalue weighted by Gasteiger charge is -2.18. The van der Waals surface area contributed by atoms with Gasteiger partial charge in [0.15, 0.2) is 18.2 Å². The van der Waals surface area contributed by atoms with Crippen molar-refractivity contribution in [3.8, 4) is 11.5 Å². The molecule has 25 heavy (non-hydrogen) atoms. The van der Waals surface area contributed by atoms with Gasteiger partial charge in [-0.3, -0.25) is 9.59 Å². The highest BCUT2D eigenvalue weighted by molar-refractivity contribution is 5.98. The van der Waals surface area contributed by atoms with Crippen LogP contribution in [-0.4, -0.2) is 31.6 Å². The van der Waals surface area contributed by atoms with Gasteiger partial charge in [0.1, 0.15) is 5.75 Å². The first kappa shape index (κ1) is 16.8. The maximum atomic E-state index is 13.4. The minimum atomic E-state index is -0.410. The van der Waals surface area contributed by atoms with E-state index in [2.05, 4.69) is 10.6 Å². The monoisotopic (exact) mass is 344 g/mol. The summed E-state index contributed by atoms with van der Waals surface area (Å²) >= 11 is 0. The Morgan fingerprint density at radius 3 is 2.96 bits per heavy atom. The minimum absolute atomic E-state index is 0.0640. The molecule has 2 aromatic rings. The predicted molar refractivity (Wildman–Crippen MR) is 89.4 cm³/mol. The molecule has 0 atom stereocenters. The van der Waals surface area contributed by atoms with Crippen LogP contribution >= 0.6 is 0 Å². The second-order valence-electron chi connectivity index (χ2n) is 5.44. The molecule has 0 saturated heterocycles. The Balaban J connectivity index is 1.45. The number of benzene rings is 2. The van der Waals surface area contributed by atoms with E-state index in [1.807, 2.05) is 0 Å². The first-order chi connectivity index (χ1) is 12.1. The number of halogens is 1. The summed E-state index contributed by atoms with van der Waals surface area (Å²) in [5.74, 6) is -0.223. The number of amides is 2. The summed E-state index contributed by atoms with van der Waals surface area (Å²) < 4.78 is 24.0. The summed E-state index contributed by atoms with van der Waals surface area (Å²) in [5, 5.41) is 5.42. The maximum absolute atomic E-state index is 13.4. The van der Waals surface area contributed by atoms with Crippen molar-refractivity contribution in [2.24, 2.45) is 0 Å². The van der Waals surface area contributed by atoms with Gasteiger partial charge in [-0.25, -0.2) is 4.39 Å². The van der Waals surface area contributed by atoms with E-state index in [0.717, 1.165) is 0 Å². The topological polar surface area (TPSA) is 76.7 Å². The van der Waals surface area contributed by atoms with Crippen molar-refractivity contribution in [3.63, 3.8) is 0 Å². The molecule has 6 nitrogen and oxygen atoms in total. The van der Waals surface area contributed by atoms with E-state index in [1.165, 1.54) is 6.07 Å². The normalized spacial score (nSPS) is 12.6. The third kappa shape index (κ3) is 4.26. The molecule has 1 heterocycles. The minimum Gasteiger partial charge on any atom is -0.490 e. The van der Waals surface area contributed by atoms with Gasteiger partial charge in [0.25, 0.3) is 11.8 Å². The fraction of sp³-hybridized carbons (Fsp3) is 0.222. The number of fused-ring (bicyclic) bond motifs is 1. The van der Waals surface area contributed by atoms with E-state index in [0.29, 0.717) is 36.6 Å². The molecular formula is C18H17FN2O4. The molecule has 1 aliphatic heterocycles. The van der Waals surface area contributed by atoms with Gasteiger partial charge in [0.05, 0.1) is 12.3 Å². The summed E-state index contributed by atoms with van der Waals surface area (Å²) in [7, 11) is 0. The van der Waals surface area contributed by atoms with Crippen molar-refractivity contribution < 1.29 is 23.5 Å². The van der Waals surface area contributed by atoms with Crippen molar-refractivity contribution >= 4 is 17.5 Å². The smallest absolute Gasteiger partial charge is 0.262 e. The molecule has 2 aromatic carbocycles. The van der Waals surface area contributed by atoms with Crippen LogP contribution in [0.3, 0.4) is 0 Å². The van der Waals surface area contributed by atoms with Gasteiger partial charge in [-0.15, -0.1) is 0 Å². The molecule has 0 saturated carbocycles. The highest BCUT2D eigenvalue weighted by atomic mass is 19.1. The number of rotatable bonds is 6. The molecule has 0 unspecified atom stereocenters. The number of hydrogen-bond acceptors (Lipinski definition) is 4. The molecule has 0 radical (unpaired) electrons. The Hall–Kier alpha value is -3.09. The predicted octanol–water partition coefficient (Wildman–Crippen LogP) is 2.36. The molecule has 0 aromatic heterocycles. The van der Waals surface area contributed by atoms with Crippen LogP contribution in [0.2, 0.25) is 0 Å². The van der Waals surface area contributed by atoms with Gasteiger partial charge in [-0.2, -0.15) is 0 Å². The lowest BCUT2D eigenvalue weighted by atomic mass is 10.1. The average Bonchev–Trinajstić information content (AvgIpc) is 2.62.